The van der Waals surface area contributed by atoms with Crippen molar-refractivity contribution in [2.45, 2.75) is 37.3 Å². The van der Waals surface area contributed by atoms with Crippen molar-refractivity contribution in [1.82, 2.24) is 14.1 Å². The number of amides is 1. The lowest BCUT2D eigenvalue weighted by molar-refractivity contribution is 0.0978. The lowest BCUT2D eigenvalue weighted by Gasteiger charge is -2.21. The molecule has 0 aliphatic heterocycles. The van der Waals surface area contributed by atoms with Crippen LogP contribution in [-0.4, -0.2) is 44.1 Å². The van der Waals surface area contributed by atoms with Gasteiger partial charge in [-0.05, 0) is 30.9 Å². The van der Waals surface area contributed by atoms with Crippen molar-refractivity contribution < 1.29 is 21.6 Å². The van der Waals surface area contributed by atoms with E-state index in [1.165, 1.54) is 16.7 Å². The van der Waals surface area contributed by atoms with Gasteiger partial charge in [-0.25, -0.2) is 26.5 Å². The van der Waals surface area contributed by atoms with Gasteiger partial charge in [0.05, 0.1) is 11.3 Å². The number of imidazole rings is 1. The highest BCUT2D eigenvalue weighted by Crippen LogP contribution is 2.25. The van der Waals surface area contributed by atoms with E-state index < -0.39 is 25.8 Å². The first-order chi connectivity index (χ1) is 12.2. The van der Waals surface area contributed by atoms with E-state index in [0.717, 1.165) is 38.4 Å². The molecule has 0 atom stereocenters. The second kappa shape index (κ2) is 6.99. The van der Waals surface area contributed by atoms with E-state index in [9.17, 15) is 21.6 Å². The molecule has 0 spiro atoms. The lowest BCUT2D eigenvalue weighted by atomic mass is 9.91. The number of nitrogens with zero attached hydrogens (tertiary/aromatic N) is 2. The van der Waals surface area contributed by atoms with Gasteiger partial charge in [0.2, 0.25) is 25.0 Å². The van der Waals surface area contributed by atoms with Crippen molar-refractivity contribution in [3.05, 3.63) is 30.1 Å². The van der Waals surface area contributed by atoms with Gasteiger partial charge in [0.25, 0.3) is 5.91 Å². The fraction of sp³-hybridized carbons (Fsp3) is 0.500. The van der Waals surface area contributed by atoms with Crippen LogP contribution >= 0.6 is 0 Å². The molecule has 1 fully saturated rings. The van der Waals surface area contributed by atoms with E-state index in [1.807, 2.05) is 4.72 Å². The molecule has 2 aromatic heterocycles. The van der Waals surface area contributed by atoms with Crippen LogP contribution in [0.2, 0.25) is 0 Å². The molecule has 26 heavy (non-hydrogen) atoms. The molecule has 2 heterocycles. The highest BCUT2D eigenvalue weighted by atomic mass is 32.2. The van der Waals surface area contributed by atoms with Crippen LogP contribution in [0.4, 0.5) is 0 Å². The summed E-state index contributed by atoms with van der Waals surface area (Å²) in [6.45, 7) is 0. The third-order valence-electron chi connectivity index (χ3n) is 4.49. The smallest absolute Gasteiger partial charge is 0.285 e. The van der Waals surface area contributed by atoms with Crippen molar-refractivity contribution in [2.24, 2.45) is 5.92 Å². The Kier molecular flexibility index (Phi) is 5.07. The molecule has 0 saturated heterocycles. The lowest BCUT2D eigenvalue weighted by Crippen LogP contribution is -2.35. The predicted molar refractivity (Wildman–Crippen MR) is 96.1 cm³/mol. The normalized spacial score (nSPS) is 16.7. The Morgan fingerprint density at radius 3 is 2.54 bits per heavy atom. The fourth-order valence-corrected chi connectivity index (χ4v) is 5.52. The Hall–Kier alpha value is -1.94. The second-order valence-corrected chi connectivity index (χ2v) is 10.4. The molecule has 0 unspecified atom stereocenters. The molecule has 2 aromatic rings. The van der Waals surface area contributed by atoms with Gasteiger partial charge >= 0.3 is 0 Å². The molecule has 1 amide bonds. The zero-order valence-electron chi connectivity index (χ0n) is 14.4. The Morgan fingerprint density at radius 2 is 1.88 bits per heavy atom. The second-order valence-electron chi connectivity index (χ2n) is 6.69. The van der Waals surface area contributed by atoms with Gasteiger partial charge in [-0.3, -0.25) is 9.20 Å². The third kappa shape index (κ3) is 4.07. The molecule has 8 nitrogen and oxygen atoms in total. The fourth-order valence-electron chi connectivity index (χ4n) is 3.33. The molecule has 0 aromatic carbocycles. The van der Waals surface area contributed by atoms with E-state index in [0.29, 0.717) is 0 Å². The highest BCUT2D eigenvalue weighted by molar-refractivity contribution is 7.90. The predicted octanol–water partition coefficient (Wildman–Crippen LogP) is 1.38. The van der Waals surface area contributed by atoms with Crippen molar-refractivity contribution in [2.75, 3.05) is 12.0 Å². The van der Waals surface area contributed by atoms with Crippen LogP contribution in [0, 0.1) is 5.92 Å². The summed E-state index contributed by atoms with van der Waals surface area (Å²) in [7, 11) is -7.51. The minimum absolute atomic E-state index is 0.0411. The molecule has 1 N–H and O–H groups in total. The zero-order valence-corrected chi connectivity index (χ0v) is 16.0. The molecule has 1 aliphatic carbocycles. The van der Waals surface area contributed by atoms with E-state index >= 15 is 0 Å². The summed E-state index contributed by atoms with van der Waals surface area (Å²) in [6.07, 6.45) is 7.22. The maximum absolute atomic E-state index is 12.5. The average Bonchev–Trinajstić information content (AvgIpc) is 2.95. The molecule has 142 valence electrons. The summed E-state index contributed by atoms with van der Waals surface area (Å²) in [6, 6.07) is 4.74. The maximum Gasteiger partial charge on any atom is 0.285 e. The van der Waals surface area contributed by atoms with E-state index in [-0.39, 0.29) is 28.0 Å². The molecule has 3 rings (SSSR count). The van der Waals surface area contributed by atoms with Crippen LogP contribution in [0.3, 0.4) is 0 Å². The topological polar surface area (TPSA) is 115 Å². The number of nitrogens with one attached hydrogen (secondary N) is 1. The Morgan fingerprint density at radius 1 is 1.19 bits per heavy atom. The van der Waals surface area contributed by atoms with E-state index in [4.69, 9.17) is 0 Å². The molecule has 0 bridgehead atoms. The van der Waals surface area contributed by atoms with Crippen LogP contribution in [0.25, 0.3) is 5.52 Å². The highest BCUT2D eigenvalue weighted by Gasteiger charge is 2.27. The van der Waals surface area contributed by atoms with Crippen LogP contribution in [-0.2, 0) is 19.9 Å². The van der Waals surface area contributed by atoms with Gasteiger partial charge in [-0.1, -0.05) is 25.3 Å². The van der Waals surface area contributed by atoms with Gasteiger partial charge in [0, 0.05) is 12.5 Å². The third-order valence-corrected chi connectivity index (χ3v) is 6.85. The van der Waals surface area contributed by atoms with Gasteiger partial charge in [-0.15, -0.1) is 0 Å². The Balaban J connectivity index is 1.88. The molecule has 1 saturated carbocycles. The van der Waals surface area contributed by atoms with Gasteiger partial charge in [0.1, 0.15) is 0 Å². The van der Waals surface area contributed by atoms with Crippen LogP contribution in [0.5, 0.6) is 0 Å². The van der Waals surface area contributed by atoms with Crippen LogP contribution < -0.4 is 4.72 Å². The first-order valence-corrected chi connectivity index (χ1v) is 11.9. The quantitative estimate of drug-likeness (QED) is 0.812. The summed E-state index contributed by atoms with van der Waals surface area (Å²) in [5, 5.41) is -0.303. The number of rotatable bonds is 5. The molecular weight excluding hydrogens is 378 g/mol. The SMILES string of the molecule is CS(=O)(=O)c1nc(C(=O)NS(=O)(=O)CC2CCCCC2)c2ccccn12. The zero-order chi connectivity index (χ0) is 18.9. The molecular formula is C16H21N3O5S2. The first-order valence-electron chi connectivity index (χ1n) is 8.39. The summed E-state index contributed by atoms with van der Waals surface area (Å²) >= 11 is 0. The van der Waals surface area contributed by atoms with E-state index in [1.54, 1.807) is 12.1 Å². The van der Waals surface area contributed by atoms with Crippen molar-refractivity contribution >= 4 is 31.3 Å². The number of hydrogen-bond donors (Lipinski definition) is 1. The molecule has 0 radical (unpaired) electrons. The first kappa shape index (κ1) is 18.8. The summed E-state index contributed by atoms with van der Waals surface area (Å²) < 4.78 is 51.8. The van der Waals surface area contributed by atoms with Crippen molar-refractivity contribution in [1.29, 1.82) is 0 Å². The van der Waals surface area contributed by atoms with Crippen molar-refractivity contribution in [3.8, 4) is 0 Å². The monoisotopic (exact) mass is 399 g/mol. The van der Waals surface area contributed by atoms with Crippen molar-refractivity contribution in [3.63, 3.8) is 0 Å². The van der Waals surface area contributed by atoms with Crippen LogP contribution in [0.1, 0.15) is 42.6 Å². The summed E-state index contributed by atoms with van der Waals surface area (Å²) in [5.41, 5.74) is 0.0107. The summed E-state index contributed by atoms with van der Waals surface area (Å²) in [5.74, 6) is -0.984. The number of pyridine rings is 1. The number of sulfonamides is 1. The number of aromatic nitrogens is 2. The van der Waals surface area contributed by atoms with E-state index in [2.05, 4.69) is 4.98 Å². The number of hydrogen-bond acceptors (Lipinski definition) is 6. The number of fused-ring (bicyclic) bond motifs is 1. The van der Waals surface area contributed by atoms with Gasteiger partial charge in [0.15, 0.2) is 5.69 Å². The average molecular weight is 399 g/mol. The molecule has 1 aliphatic rings. The molecule has 10 heteroatoms. The van der Waals surface area contributed by atoms with Gasteiger partial charge < -0.3 is 0 Å². The minimum Gasteiger partial charge on any atom is -0.290 e. The summed E-state index contributed by atoms with van der Waals surface area (Å²) in [4.78, 5) is 16.4. The standard InChI is InChI=1S/C16H21N3O5S2/c1-25(21,22)16-17-14(13-9-5-6-10-19(13)16)15(20)18-26(23,24)11-12-7-3-2-4-8-12/h5-6,9-10,12H,2-4,7-8,11H2,1H3,(H,18,20). The number of carbonyl (C=O) groups excluding carboxylic acids is 1. The number of carbonyl (C=O) groups is 1. The maximum atomic E-state index is 12.5. The van der Waals surface area contributed by atoms with Crippen LogP contribution in [0.15, 0.2) is 29.6 Å². The largest absolute Gasteiger partial charge is 0.290 e. The number of sulfone groups is 1. The van der Waals surface area contributed by atoms with Gasteiger partial charge in [-0.2, -0.15) is 0 Å². The Bertz CT molecular complexity index is 1040. The Labute approximate surface area is 152 Å². The minimum atomic E-state index is -3.82.